The number of amides is 3. The third kappa shape index (κ3) is 4.56. The molecule has 9 nitrogen and oxygen atoms in total. The summed E-state index contributed by atoms with van der Waals surface area (Å²) in [5, 5.41) is 7.20. The number of fused-ring (bicyclic) bond motifs is 1. The highest BCUT2D eigenvalue weighted by molar-refractivity contribution is 7.22. The van der Waals surface area contributed by atoms with Crippen LogP contribution in [0.2, 0.25) is 0 Å². The summed E-state index contributed by atoms with van der Waals surface area (Å²) in [4.78, 5) is 42.3. The van der Waals surface area contributed by atoms with E-state index in [0.29, 0.717) is 5.69 Å². The number of esters is 1. The monoisotopic (exact) mass is 525 g/mol. The number of hydrogen-bond donors (Lipinski definition) is 3. The first-order chi connectivity index (χ1) is 16.9. The molecule has 2 aromatic carbocycles. The van der Waals surface area contributed by atoms with Crippen molar-refractivity contribution in [2.45, 2.75) is 17.8 Å². The first-order valence-corrected chi connectivity index (χ1v) is 11.2. The summed E-state index contributed by atoms with van der Waals surface area (Å²) in [5.41, 5.74) is -3.06. The third-order valence-corrected chi connectivity index (χ3v) is 6.50. The van der Waals surface area contributed by atoms with Crippen LogP contribution in [0, 0.1) is 5.82 Å². The zero-order valence-electron chi connectivity index (χ0n) is 18.8. The van der Waals surface area contributed by atoms with E-state index in [1.165, 1.54) is 25.2 Å². The van der Waals surface area contributed by atoms with Gasteiger partial charge in [0.15, 0.2) is 5.13 Å². The van der Waals surface area contributed by atoms with Gasteiger partial charge in [-0.2, -0.15) is 13.2 Å². The van der Waals surface area contributed by atoms with Crippen molar-refractivity contribution in [3.8, 4) is 0 Å². The van der Waals surface area contributed by atoms with Crippen LogP contribution < -0.4 is 16.0 Å². The minimum absolute atomic E-state index is 0.0790. The normalized spacial score (nSPS) is 20.3. The van der Waals surface area contributed by atoms with Crippen LogP contribution in [0.25, 0.3) is 10.2 Å². The molecule has 3 N–H and O–H groups in total. The molecule has 0 bridgehead atoms. The van der Waals surface area contributed by atoms with Crippen molar-refractivity contribution in [2.75, 3.05) is 31.3 Å². The van der Waals surface area contributed by atoms with Gasteiger partial charge >= 0.3 is 18.2 Å². The second-order valence-electron chi connectivity index (χ2n) is 7.94. The Labute approximate surface area is 205 Å². The minimum atomic E-state index is -5.11. The summed E-state index contributed by atoms with van der Waals surface area (Å²) in [6.07, 6.45) is -5.11. The van der Waals surface area contributed by atoms with Crippen LogP contribution in [0.1, 0.15) is 5.56 Å². The van der Waals surface area contributed by atoms with Gasteiger partial charge in [0, 0.05) is 19.3 Å². The zero-order valence-corrected chi connectivity index (χ0v) is 19.6. The summed E-state index contributed by atoms with van der Waals surface area (Å²) in [5.74, 6) is -2.70. The van der Waals surface area contributed by atoms with Crippen molar-refractivity contribution >= 4 is 50.3 Å². The largest absolute Gasteiger partial charge is 0.468 e. The van der Waals surface area contributed by atoms with Crippen LogP contribution in [-0.2, 0) is 19.9 Å². The Morgan fingerprint density at radius 2 is 1.89 bits per heavy atom. The molecule has 3 amide bonds. The van der Waals surface area contributed by atoms with Crippen LogP contribution >= 0.6 is 11.3 Å². The molecule has 2 heterocycles. The molecule has 1 aliphatic heterocycles. The summed E-state index contributed by atoms with van der Waals surface area (Å²) < 4.78 is 61.4. The second-order valence-corrected chi connectivity index (χ2v) is 8.97. The molecule has 2 atom stereocenters. The van der Waals surface area contributed by atoms with E-state index in [0.717, 1.165) is 47.6 Å². The number of urea groups is 1. The number of halogens is 4. The van der Waals surface area contributed by atoms with E-state index in [-0.39, 0.29) is 21.9 Å². The molecule has 0 spiro atoms. The standard InChI is InChI=1S/C22H19F4N5O4S/c1-31-10-15(17(32)35-2)30-21(18(31)33,22(24,25)26)11-3-8-14-16(9-11)36-20(28-14)29-19(34)27-13-6-4-12(23)5-7-13/h3-9,15,30H,10H2,1-2H3,(H2,27,28,29,34)/t15-,21?/m0/s1. The van der Waals surface area contributed by atoms with Crippen LogP contribution in [0.3, 0.4) is 0 Å². The summed E-state index contributed by atoms with van der Waals surface area (Å²) in [6.45, 7) is -0.302. The molecule has 190 valence electrons. The number of carbonyl (C=O) groups excluding carboxylic acids is 3. The van der Waals surface area contributed by atoms with E-state index in [2.05, 4.69) is 25.7 Å². The number of alkyl halides is 3. The van der Waals surface area contributed by atoms with Crippen molar-refractivity contribution in [3.63, 3.8) is 0 Å². The van der Waals surface area contributed by atoms with Crippen molar-refractivity contribution in [1.82, 2.24) is 15.2 Å². The van der Waals surface area contributed by atoms with E-state index < -0.39 is 47.0 Å². The van der Waals surface area contributed by atoms with Gasteiger partial charge in [-0.25, -0.2) is 14.2 Å². The van der Waals surface area contributed by atoms with E-state index in [9.17, 15) is 31.9 Å². The average molecular weight is 525 g/mol. The number of likely N-dealkylation sites (N-methyl/N-ethyl adjacent to an activating group) is 1. The van der Waals surface area contributed by atoms with E-state index in [4.69, 9.17) is 0 Å². The molecule has 1 unspecified atom stereocenters. The Hall–Kier alpha value is -3.78. The number of methoxy groups -OCH3 is 1. The lowest BCUT2D eigenvalue weighted by atomic mass is 9.84. The maximum Gasteiger partial charge on any atom is 0.419 e. The molecule has 1 aromatic heterocycles. The zero-order chi connectivity index (χ0) is 26.3. The fourth-order valence-corrected chi connectivity index (χ4v) is 4.77. The lowest BCUT2D eigenvalue weighted by Crippen LogP contribution is -2.72. The minimum Gasteiger partial charge on any atom is -0.468 e. The lowest BCUT2D eigenvalue weighted by Gasteiger charge is -2.45. The van der Waals surface area contributed by atoms with Crippen LogP contribution in [0.15, 0.2) is 42.5 Å². The maximum atomic E-state index is 14.5. The van der Waals surface area contributed by atoms with Crippen molar-refractivity contribution in [2.24, 2.45) is 0 Å². The van der Waals surface area contributed by atoms with Gasteiger partial charge < -0.3 is 15.0 Å². The first kappa shape index (κ1) is 25.3. The van der Waals surface area contributed by atoms with Crippen LogP contribution in [0.4, 0.5) is 33.2 Å². The number of thiazole rings is 1. The molecule has 1 fully saturated rings. The Kier molecular flexibility index (Phi) is 6.58. The molecular weight excluding hydrogens is 506 g/mol. The van der Waals surface area contributed by atoms with Crippen molar-refractivity contribution in [1.29, 1.82) is 0 Å². The SMILES string of the molecule is COC(=O)[C@@H]1CN(C)C(=O)C(c2ccc3nc(NC(=O)Nc4ccc(F)cc4)sc3c2)(C(F)(F)F)N1. The second kappa shape index (κ2) is 9.35. The van der Waals surface area contributed by atoms with Crippen LogP contribution in [-0.4, -0.2) is 60.7 Å². The molecule has 0 aliphatic carbocycles. The Balaban J connectivity index is 1.66. The van der Waals surface area contributed by atoms with Gasteiger partial charge in [0.25, 0.3) is 5.91 Å². The number of benzene rings is 2. The highest BCUT2D eigenvalue weighted by Gasteiger charge is 2.65. The predicted octanol–water partition coefficient (Wildman–Crippen LogP) is 3.44. The topological polar surface area (TPSA) is 113 Å². The summed E-state index contributed by atoms with van der Waals surface area (Å²) in [6, 6.07) is 6.43. The number of piperazine rings is 1. The van der Waals surface area contributed by atoms with Crippen molar-refractivity contribution < 1.29 is 36.7 Å². The highest BCUT2D eigenvalue weighted by atomic mass is 32.1. The fourth-order valence-electron chi connectivity index (χ4n) is 3.87. The fraction of sp³-hybridized carbons (Fsp3) is 0.273. The van der Waals surface area contributed by atoms with Gasteiger partial charge in [-0.05, 0) is 42.0 Å². The quantitative estimate of drug-likeness (QED) is 0.356. The Morgan fingerprint density at radius 3 is 2.53 bits per heavy atom. The van der Waals surface area contributed by atoms with E-state index >= 15 is 0 Å². The summed E-state index contributed by atoms with van der Waals surface area (Å²) >= 11 is 0.885. The third-order valence-electron chi connectivity index (χ3n) is 5.57. The Morgan fingerprint density at radius 1 is 1.19 bits per heavy atom. The summed E-state index contributed by atoms with van der Waals surface area (Å²) in [7, 11) is 2.21. The van der Waals surface area contributed by atoms with Gasteiger partial charge in [-0.15, -0.1) is 0 Å². The number of hydrogen-bond acceptors (Lipinski definition) is 7. The van der Waals surface area contributed by atoms with Crippen LogP contribution in [0.5, 0.6) is 0 Å². The highest BCUT2D eigenvalue weighted by Crippen LogP contribution is 2.44. The number of carbonyl (C=O) groups is 3. The molecule has 0 radical (unpaired) electrons. The number of nitrogens with zero attached hydrogens (tertiary/aromatic N) is 2. The molecule has 0 saturated carbocycles. The number of anilines is 2. The molecule has 1 saturated heterocycles. The molecular formula is C22H19F4N5O4S. The average Bonchev–Trinajstić information content (AvgIpc) is 3.22. The Bertz CT molecular complexity index is 1330. The molecule has 4 rings (SSSR count). The number of ether oxygens (including phenoxy) is 1. The number of rotatable bonds is 4. The van der Waals surface area contributed by atoms with Gasteiger partial charge in [0.1, 0.15) is 11.9 Å². The molecule has 3 aromatic rings. The molecule has 1 aliphatic rings. The number of nitrogens with one attached hydrogen (secondary N) is 3. The van der Waals surface area contributed by atoms with Crippen molar-refractivity contribution in [3.05, 3.63) is 53.8 Å². The van der Waals surface area contributed by atoms with Gasteiger partial charge in [-0.3, -0.25) is 20.2 Å². The predicted molar refractivity (Wildman–Crippen MR) is 123 cm³/mol. The lowest BCUT2D eigenvalue weighted by molar-refractivity contribution is -0.217. The molecule has 14 heteroatoms. The number of aromatic nitrogens is 1. The van der Waals surface area contributed by atoms with E-state index in [1.54, 1.807) is 0 Å². The van der Waals surface area contributed by atoms with Gasteiger partial charge in [0.05, 0.1) is 17.3 Å². The maximum absolute atomic E-state index is 14.5. The van der Waals surface area contributed by atoms with Gasteiger partial charge in [-0.1, -0.05) is 17.4 Å². The smallest absolute Gasteiger partial charge is 0.419 e. The van der Waals surface area contributed by atoms with Gasteiger partial charge in [0.2, 0.25) is 5.54 Å². The first-order valence-electron chi connectivity index (χ1n) is 10.4. The molecule has 36 heavy (non-hydrogen) atoms. The van der Waals surface area contributed by atoms with E-state index in [1.807, 2.05) is 0 Å².